The second kappa shape index (κ2) is 8.40. The summed E-state index contributed by atoms with van der Waals surface area (Å²) in [4.78, 5) is 0. The van der Waals surface area contributed by atoms with Crippen molar-refractivity contribution in [3.8, 4) is 0 Å². The third kappa shape index (κ3) is 8.14. The van der Waals surface area contributed by atoms with Gasteiger partial charge in [-0.25, -0.2) is 0 Å². The van der Waals surface area contributed by atoms with Crippen LogP contribution in [0.5, 0.6) is 0 Å². The topological polar surface area (TPSA) is 82.0 Å². The van der Waals surface area contributed by atoms with Gasteiger partial charge in [-0.3, -0.25) is 0 Å². The SMILES string of the molecule is CCOCC(O)CNCC(O)CO. The van der Waals surface area contributed by atoms with Gasteiger partial charge in [-0.05, 0) is 6.92 Å². The minimum atomic E-state index is -0.765. The molecule has 0 saturated carbocycles. The van der Waals surface area contributed by atoms with Crippen LogP contribution in [-0.4, -0.2) is 60.4 Å². The monoisotopic (exact) mass is 193 g/mol. The van der Waals surface area contributed by atoms with Gasteiger partial charge in [-0.1, -0.05) is 0 Å². The maximum absolute atomic E-state index is 9.23. The number of ether oxygens (including phenoxy) is 1. The van der Waals surface area contributed by atoms with Crippen LogP contribution in [0.2, 0.25) is 0 Å². The third-order valence-corrected chi connectivity index (χ3v) is 1.49. The fourth-order valence-electron chi connectivity index (χ4n) is 0.794. The Bertz CT molecular complexity index is 112. The van der Waals surface area contributed by atoms with E-state index < -0.39 is 12.2 Å². The third-order valence-electron chi connectivity index (χ3n) is 1.49. The van der Waals surface area contributed by atoms with Crippen molar-refractivity contribution in [1.82, 2.24) is 5.32 Å². The molecule has 5 heteroatoms. The first-order valence-electron chi connectivity index (χ1n) is 4.46. The largest absolute Gasteiger partial charge is 0.394 e. The fraction of sp³-hybridized carbons (Fsp3) is 1.00. The smallest absolute Gasteiger partial charge is 0.0897 e. The number of hydrogen-bond donors (Lipinski definition) is 4. The standard InChI is InChI=1S/C8H19NO4/c1-2-13-6-8(12)4-9-3-7(11)5-10/h7-12H,2-6H2,1H3. The van der Waals surface area contributed by atoms with E-state index in [1.807, 2.05) is 6.92 Å². The van der Waals surface area contributed by atoms with Crippen LogP contribution >= 0.6 is 0 Å². The van der Waals surface area contributed by atoms with E-state index in [9.17, 15) is 5.11 Å². The van der Waals surface area contributed by atoms with Crippen molar-refractivity contribution in [2.24, 2.45) is 0 Å². The Morgan fingerprint density at radius 3 is 2.38 bits per heavy atom. The van der Waals surface area contributed by atoms with E-state index in [1.165, 1.54) is 0 Å². The van der Waals surface area contributed by atoms with E-state index in [0.717, 1.165) is 0 Å². The summed E-state index contributed by atoms with van der Waals surface area (Å²) in [6, 6.07) is 0. The molecule has 2 atom stereocenters. The minimum Gasteiger partial charge on any atom is -0.394 e. The lowest BCUT2D eigenvalue weighted by Gasteiger charge is -2.13. The summed E-state index contributed by atoms with van der Waals surface area (Å²) in [5.41, 5.74) is 0. The summed E-state index contributed by atoms with van der Waals surface area (Å²) in [6.45, 7) is 3.09. The van der Waals surface area contributed by atoms with Gasteiger partial charge >= 0.3 is 0 Å². The van der Waals surface area contributed by atoms with Gasteiger partial charge in [-0.2, -0.15) is 0 Å². The average molecular weight is 193 g/mol. The predicted molar refractivity (Wildman–Crippen MR) is 48.5 cm³/mol. The average Bonchev–Trinajstić information content (AvgIpc) is 2.14. The summed E-state index contributed by atoms with van der Waals surface area (Å²) in [5, 5.41) is 29.4. The number of rotatable bonds is 8. The summed E-state index contributed by atoms with van der Waals surface area (Å²) in [6.07, 6.45) is -1.33. The molecule has 0 aromatic rings. The molecule has 0 bridgehead atoms. The zero-order chi connectivity index (χ0) is 10.1. The van der Waals surface area contributed by atoms with Gasteiger partial charge in [0.1, 0.15) is 0 Å². The number of hydrogen-bond acceptors (Lipinski definition) is 5. The van der Waals surface area contributed by atoms with Crippen molar-refractivity contribution in [2.45, 2.75) is 19.1 Å². The summed E-state index contributed by atoms with van der Waals surface area (Å²) >= 11 is 0. The molecule has 80 valence electrons. The Balaban J connectivity index is 3.21. The summed E-state index contributed by atoms with van der Waals surface area (Å²) in [5.74, 6) is 0. The van der Waals surface area contributed by atoms with Crippen LogP contribution in [-0.2, 0) is 4.74 Å². The van der Waals surface area contributed by atoms with Crippen LogP contribution in [0, 0.1) is 0 Å². The molecule has 0 heterocycles. The molecule has 2 unspecified atom stereocenters. The van der Waals surface area contributed by atoms with Crippen molar-refractivity contribution >= 4 is 0 Å². The quantitative estimate of drug-likeness (QED) is 0.370. The van der Waals surface area contributed by atoms with Crippen LogP contribution in [0.3, 0.4) is 0 Å². The lowest BCUT2D eigenvalue weighted by Crippen LogP contribution is -2.36. The van der Waals surface area contributed by atoms with Crippen molar-refractivity contribution < 1.29 is 20.1 Å². The zero-order valence-corrected chi connectivity index (χ0v) is 7.94. The van der Waals surface area contributed by atoms with Gasteiger partial charge in [0.15, 0.2) is 0 Å². The van der Waals surface area contributed by atoms with Crippen LogP contribution in [0.15, 0.2) is 0 Å². The van der Waals surface area contributed by atoms with E-state index in [1.54, 1.807) is 0 Å². The Morgan fingerprint density at radius 2 is 1.85 bits per heavy atom. The maximum Gasteiger partial charge on any atom is 0.0897 e. The predicted octanol–water partition coefficient (Wildman–Crippen LogP) is -1.67. The molecule has 0 aromatic heterocycles. The second-order valence-corrected chi connectivity index (χ2v) is 2.81. The molecule has 0 aliphatic heterocycles. The van der Waals surface area contributed by atoms with Crippen molar-refractivity contribution in [1.29, 1.82) is 0 Å². The normalized spacial score (nSPS) is 15.7. The van der Waals surface area contributed by atoms with Gasteiger partial charge in [-0.15, -0.1) is 0 Å². The first-order chi connectivity index (χ1) is 6.20. The molecule has 0 radical (unpaired) electrons. The number of nitrogens with one attached hydrogen (secondary N) is 1. The van der Waals surface area contributed by atoms with E-state index >= 15 is 0 Å². The van der Waals surface area contributed by atoms with Crippen LogP contribution in [0.25, 0.3) is 0 Å². The molecule has 13 heavy (non-hydrogen) atoms. The van der Waals surface area contributed by atoms with Crippen molar-refractivity contribution in [2.75, 3.05) is 32.9 Å². The maximum atomic E-state index is 9.23. The minimum absolute atomic E-state index is 0.269. The zero-order valence-electron chi connectivity index (χ0n) is 7.94. The highest BCUT2D eigenvalue weighted by atomic mass is 16.5. The molecular weight excluding hydrogens is 174 g/mol. The van der Waals surface area contributed by atoms with Crippen LogP contribution in [0.1, 0.15) is 6.92 Å². The van der Waals surface area contributed by atoms with Crippen LogP contribution < -0.4 is 5.32 Å². The van der Waals surface area contributed by atoms with Gasteiger partial charge in [0.05, 0.1) is 25.4 Å². The first kappa shape index (κ1) is 12.8. The molecule has 0 aliphatic rings. The first-order valence-corrected chi connectivity index (χ1v) is 4.46. The number of aliphatic hydroxyl groups excluding tert-OH is 3. The Kier molecular flexibility index (Phi) is 8.27. The lowest BCUT2D eigenvalue weighted by molar-refractivity contribution is 0.0385. The van der Waals surface area contributed by atoms with E-state index in [4.69, 9.17) is 14.9 Å². The van der Waals surface area contributed by atoms with Crippen molar-refractivity contribution in [3.05, 3.63) is 0 Å². The highest BCUT2D eigenvalue weighted by Gasteiger charge is 2.05. The van der Waals surface area contributed by atoms with E-state index in [2.05, 4.69) is 5.32 Å². The van der Waals surface area contributed by atoms with Gasteiger partial charge < -0.3 is 25.4 Å². The van der Waals surface area contributed by atoms with Gasteiger partial charge in [0, 0.05) is 19.7 Å². The van der Waals surface area contributed by atoms with Gasteiger partial charge in [0.25, 0.3) is 0 Å². The highest BCUT2D eigenvalue weighted by Crippen LogP contribution is 1.84. The molecule has 0 spiro atoms. The van der Waals surface area contributed by atoms with E-state index in [0.29, 0.717) is 19.8 Å². The number of aliphatic hydroxyl groups is 3. The molecule has 0 aliphatic carbocycles. The lowest BCUT2D eigenvalue weighted by atomic mass is 10.3. The molecule has 0 rings (SSSR count). The van der Waals surface area contributed by atoms with E-state index in [-0.39, 0.29) is 13.2 Å². The summed E-state index contributed by atoms with van der Waals surface area (Å²) in [7, 11) is 0. The Morgan fingerprint density at radius 1 is 1.23 bits per heavy atom. The second-order valence-electron chi connectivity index (χ2n) is 2.81. The molecule has 0 fully saturated rings. The molecule has 0 saturated heterocycles. The summed E-state index contributed by atoms with van der Waals surface area (Å²) < 4.78 is 4.98. The fourth-order valence-corrected chi connectivity index (χ4v) is 0.794. The molecule has 5 nitrogen and oxygen atoms in total. The molecular formula is C8H19NO4. The van der Waals surface area contributed by atoms with Gasteiger partial charge in [0.2, 0.25) is 0 Å². The van der Waals surface area contributed by atoms with Crippen LogP contribution in [0.4, 0.5) is 0 Å². The Hall–Kier alpha value is -0.200. The van der Waals surface area contributed by atoms with Crippen molar-refractivity contribution in [3.63, 3.8) is 0 Å². The molecule has 4 N–H and O–H groups in total. The molecule has 0 aromatic carbocycles. The molecule has 0 amide bonds. The Labute approximate surface area is 78.3 Å². The highest BCUT2D eigenvalue weighted by molar-refractivity contribution is 4.62.